The van der Waals surface area contributed by atoms with E-state index in [0.717, 1.165) is 0 Å². The van der Waals surface area contributed by atoms with Crippen LogP contribution in [0.25, 0.3) is 0 Å². The summed E-state index contributed by atoms with van der Waals surface area (Å²) in [6.07, 6.45) is 0.196. The minimum absolute atomic E-state index is 0.196. The van der Waals surface area contributed by atoms with Crippen LogP contribution in [0.4, 0.5) is 0 Å². The van der Waals surface area contributed by atoms with Crippen molar-refractivity contribution in [3.63, 3.8) is 0 Å². The largest absolute Gasteiger partial charge is 0.466 e. The molecule has 0 amide bonds. The van der Waals surface area contributed by atoms with Gasteiger partial charge in [-0.25, -0.2) is 0 Å². The van der Waals surface area contributed by atoms with Gasteiger partial charge in [-0.1, -0.05) is 5.16 Å². The zero-order valence-electron chi connectivity index (χ0n) is 7.09. The number of nitrogens with zero attached hydrogens (tertiary/aromatic N) is 1. The highest BCUT2D eigenvalue weighted by Gasteiger charge is 2.03. The van der Waals surface area contributed by atoms with E-state index in [0.29, 0.717) is 12.3 Å². The summed E-state index contributed by atoms with van der Waals surface area (Å²) in [5.41, 5.74) is 0.617. The standard InChI is InChI=1S/C7H13NO3/c1-4-11-7(9)5-6(2)8-10-3/h4-5H2,1-3H3. The van der Waals surface area contributed by atoms with E-state index in [4.69, 9.17) is 0 Å². The summed E-state index contributed by atoms with van der Waals surface area (Å²) in [7, 11) is 1.44. The number of carbonyl (C=O) groups is 1. The number of rotatable bonds is 4. The van der Waals surface area contributed by atoms with E-state index in [-0.39, 0.29) is 12.4 Å². The lowest BCUT2D eigenvalue weighted by molar-refractivity contribution is -0.141. The Morgan fingerprint density at radius 1 is 1.55 bits per heavy atom. The van der Waals surface area contributed by atoms with Gasteiger partial charge < -0.3 is 9.57 Å². The molecular weight excluding hydrogens is 146 g/mol. The summed E-state index contributed by atoms with van der Waals surface area (Å²) >= 11 is 0. The summed E-state index contributed by atoms with van der Waals surface area (Å²) in [5, 5.41) is 3.56. The van der Waals surface area contributed by atoms with Crippen molar-refractivity contribution in [1.82, 2.24) is 0 Å². The van der Waals surface area contributed by atoms with E-state index >= 15 is 0 Å². The average molecular weight is 159 g/mol. The second-order valence-corrected chi connectivity index (χ2v) is 1.99. The predicted molar refractivity (Wildman–Crippen MR) is 41.4 cm³/mol. The number of esters is 1. The molecule has 0 fully saturated rings. The van der Waals surface area contributed by atoms with Crippen LogP contribution in [0.5, 0.6) is 0 Å². The molecule has 0 aromatic carbocycles. The van der Waals surface area contributed by atoms with Gasteiger partial charge in [-0.15, -0.1) is 0 Å². The van der Waals surface area contributed by atoms with Gasteiger partial charge in [-0.3, -0.25) is 4.79 Å². The van der Waals surface area contributed by atoms with Crippen molar-refractivity contribution in [2.45, 2.75) is 20.3 Å². The first-order chi connectivity index (χ1) is 5.20. The molecule has 0 aromatic heterocycles. The summed E-state index contributed by atoms with van der Waals surface area (Å²) in [6.45, 7) is 3.88. The van der Waals surface area contributed by atoms with Gasteiger partial charge in [-0.2, -0.15) is 0 Å². The van der Waals surface area contributed by atoms with Crippen LogP contribution in [0.3, 0.4) is 0 Å². The Kier molecular flexibility index (Phi) is 5.15. The van der Waals surface area contributed by atoms with Crippen molar-refractivity contribution in [3.05, 3.63) is 0 Å². The smallest absolute Gasteiger partial charge is 0.311 e. The molecule has 0 aliphatic rings. The molecule has 0 heterocycles. The quantitative estimate of drug-likeness (QED) is 0.349. The van der Waals surface area contributed by atoms with Crippen molar-refractivity contribution in [3.8, 4) is 0 Å². The third kappa shape index (κ3) is 5.39. The molecule has 11 heavy (non-hydrogen) atoms. The molecule has 64 valence electrons. The fourth-order valence-corrected chi connectivity index (χ4v) is 0.609. The SMILES string of the molecule is CCOC(=O)CC(C)=NOC. The molecule has 0 N–H and O–H groups in total. The van der Waals surface area contributed by atoms with Crippen molar-refractivity contribution in [1.29, 1.82) is 0 Å². The van der Waals surface area contributed by atoms with Crippen molar-refractivity contribution in [2.75, 3.05) is 13.7 Å². The zero-order valence-corrected chi connectivity index (χ0v) is 7.09. The molecule has 0 radical (unpaired) electrons. The molecule has 4 heteroatoms. The number of hydrogen-bond donors (Lipinski definition) is 0. The van der Waals surface area contributed by atoms with Gasteiger partial charge in [0.2, 0.25) is 0 Å². The highest BCUT2D eigenvalue weighted by Crippen LogP contribution is 1.90. The van der Waals surface area contributed by atoms with Crippen LogP contribution in [-0.4, -0.2) is 25.4 Å². The lowest BCUT2D eigenvalue weighted by atomic mass is 10.3. The van der Waals surface area contributed by atoms with Gasteiger partial charge in [0.15, 0.2) is 0 Å². The van der Waals surface area contributed by atoms with Crippen LogP contribution < -0.4 is 0 Å². The molecule has 0 atom stereocenters. The van der Waals surface area contributed by atoms with Gasteiger partial charge in [-0.05, 0) is 13.8 Å². The first-order valence-corrected chi connectivity index (χ1v) is 3.43. The first kappa shape index (κ1) is 9.94. The van der Waals surface area contributed by atoms with Gasteiger partial charge in [0.05, 0.1) is 18.7 Å². The number of ether oxygens (including phenoxy) is 1. The predicted octanol–water partition coefficient (Wildman–Crippen LogP) is 0.962. The lowest BCUT2D eigenvalue weighted by Crippen LogP contribution is -2.08. The van der Waals surface area contributed by atoms with Crippen LogP contribution in [0.1, 0.15) is 20.3 Å². The Balaban J connectivity index is 3.66. The first-order valence-electron chi connectivity index (χ1n) is 3.43. The second kappa shape index (κ2) is 5.70. The summed E-state index contributed by atoms with van der Waals surface area (Å²) in [4.78, 5) is 15.2. The van der Waals surface area contributed by atoms with Crippen molar-refractivity contribution < 1.29 is 14.4 Å². The van der Waals surface area contributed by atoms with E-state index in [1.54, 1.807) is 13.8 Å². The minimum Gasteiger partial charge on any atom is -0.466 e. The number of hydrogen-bond acceptors (Lipinski definition) is 4. The zero-order chi connectivity index (χ0) is 8.69. The lowest BCUT2D eigenvalue weighted by Gasteiger charge is -1.99. The molecule has 0 aliphatic heterocycles. The van der Waals surface area contributed by atoms with Crippen LogP contribution in [0.15, 0.2) is 5.16 Å². The van der Waals surface area contributed by atoms with Gasteiger partial charge in [0.1, 0.15) is 7.11 Å². The molecule has 0 spiro atoms. The number of oxime groups is 1. The van der Waals surface area contributed by atoms with E-state index < -0.39 is 0 Å². The Morgan fingerprint density at radius 3 is 2.64 bits per heavy atom. The Morgan fingerprint density at radius 2 is 2.18 bits per heavy atom. The molecule has 0 rings (SSSR count). The summed E-state index contributed by atoms with van der Waals surface area (Å²) in [5.74, 6) is -0.272. The molecule has 0 saturated heterocycles. The van der Waals surface area contributed by atoms with Crippen LogP contribution >= 0.6 is 0 Å². The van der Waals surface area contributed by atoms with Crippen LogP contribution in [-0.2, 0) is 14.4 Å². The van der Waals surface area contributed by atoms with Gasteiger partial charge in [0.25, 0.3) is 0 Å². The maximum Gasteiger partial charge on any atom is 0.311 e. The summed E-state index contributed by atoms with van der Waals surface area (Å²) in [6, 6.07) is 0. The fraction of sp³-hybridized carbons (Fsp3) is 0.714. The molecule has 4 nitrogen and oxygen atoms in total. The van der Waals surface area contributed by atoms with Crippen molar-refractivity contribution >= 4 is 11.7 Å². The Hall–Kier alpha value is -1.06. The van der Waals surface area contributed by atoms with E-state index in [2.05, 4.69) is 14.7 Å². The Labute approximate surface area is 66.2 Å². The monoisotopic (exact) mass is 159 g/mol. The molecule has 0 unspecified atom stereocenters. The van der Waals surface area contributed by atoms with E-state index in [1.165, 1.54) is 7.11 Å². The number of carbonyl (C=O) groups excluding carboxylic acids is 1. The Bertz CT molecular complexity index is 154. The van der Waals surface area contributed by atoms with E-state index in [1.807, 2.05) is 0 Å². The van der Waals surface area contributed by atoms with Crippen LogP contribution in [0.2, 0.25) is 0 Å². The molecule has 0 saturated carbocycles. The topological polar surface area (TPSA) is 47.9 Å². The fourth-order valence-electron chi connectivity index (χ4n) is 0.609. The normalized spacial score (nSPS) is 11.0. The van der Waals surface area contributed by atoms with Gasteiger partial charge in [0, 0.05) is 0 Å². The molecule has 0 bridgehead atoms. The summed E-state index contributed by atoms with van der Waals surface area (Å²) < 4.78 is 4.68. The highest BCUT2D eigenvalue weighted by atomic mass is 16.6. The van der Waals surface area contributed by atoms with Crippen molar-refractivity contribution in [2.24, 2.45) is 5.16 Å². The van der Waals surface area contributed by atoms with Gasteiger partial charge >= 0.3 is 5.97 Å². The minimum atomic E-state index is -0.272. The van der Waals surface area contributed by atoms with Crippen LogP contribution in [0, 0.1) is 0 Å². The molecule has 0 aliphatic carbocycles. The second-order valence-electron chi connectivity index (χ2n) is 1.99. The molecular formula is C7H13NO3. The highest BCUT2D eigenvalue weighted by molar-refractivity contribution is 5.97. The third-order valence-electron chi connectivity index (χ3n) is 0.953. The maximum absolute atomic E-state index is 10.8. The van der Waals surface area contributed by atoms with E-state index in [9.17, 15) is 4.79 Å². The maximum atomic E-state index is 10.8. The molecule has 0 aromatic rings. The third-order valence-corrected chi connectivity index (χ3v) is 0.953. The average Bonchev–Trinajstić information content (AvgIpc) is 1.87.